The first kappa shape index (κ1) is 21.2. The lowest BCUT2D eigenvalue weighted by molar-refractivity contribution is 0.0210. The Labute approximate surface area is 176 Å². The summed E-state index contributed by atoms with van der Waals surface area (Å²) in [5.74, 6) is 1.24. The molecule has 1 aliphatic rings. The first-order chi connectivity index (χ1) is 13.7. The van der Waals surface area contributed by atoms with E-state index in [0.717, 1.165) is 24.1 Å². The first-order valence-corrected chi connectivity index (χ1v) is 10.0. The number of hydrogen-bond acceptors (Lipinski definition) is 6. The van der Waals surface area contributed by atoms with Crippen molar-refractivity contribution in [1.82, 2.24) is 14.9 Å². The van der Waals surface area contributed by atoms with Gasteiger partial charge in [0.05, 0.1) is 12.8 Å². The number of halogens is 1. The fraction of sp³-hybridized carbons (Fsp3) is 0.476. The van der Waals surface area contributed by atoms with Gasteiger partial charge in [-0.1, -0.05) is 11.6 Å². The molecule has 0 aliphatic carbocycles. The Morgan fingerprint density at radius 2 is 1.97 bits per heavy atom. The fourth-order valence-corrected chi connectivity index (χ4v) is 3.35. The molecule has 0 radical (unpaired) electrons. The van der Waals surface area contributed by atoms with Crippen LogP contribution in [0.4, 0.5) is 10.7 Å². The summed E-state index contributed by atoms with van der Waals surface area (Å²) in [5, 5.41) is 3.99. The zero-order valence-corrected chi connectivity index (χ0v) is 18.0. The van der Waals surface area contributed by atoms with E-state index in [1.807, 2.05) is 39.0 Å². The predicted octanol–water partition coefficient (Wildman–Crippen LogP) is 4.62. The number of carbonyl (C=O) groups excluding carboxylic acids is 1. The molecule has 1 saturated heterocycles. The van der Waals surface area contributed by atoms with Crippen molar-refractivity contribution in [3.63, 3.8) is 0 Å². The van der Waals surface area contributed by atoms with Gasteiger partial charge >= 0.3 is 6.09 Å². The van der Waals surface area contributed by atoms with Crippen LogP contribution in [-0.2, 0) is 4.74 Å². The number of piperidine rings is 1. The van der Waals surface area contributed by atoms with Crippen LogP contribution in [0.25, 0.3) is 11.3 Å². The standard InChI is InChI=1S/C21H27ClN4O3/c1-21(2,3)29-20(27)26-11-8-15(9-12-26)24-19-23-10-7-17(25-19)16-13-14(22)5-6-18(16)28-4/h5-7,10,13,15H,8-9,11-12H2,1-4H3,(H,23,24,25). The van der Waals surface area contributed by atoms with Crippen molar-refractivity contribution >= 4 is 23.6 Å². The van der Waals surface area contributed by atoms with Crippen molar-refractivity contribution in [3.05, 3.63) is 35.5 Å². The molecule has 2 aromatic rings. The molecule has 1 fully saturated rings. The van der Waals surface area contributed by atoms with Gasteiger partial charge in [-0.3, -0.25) is 0 Å². The highest BCUT2D eigenvalue weighted by atomic mass is 35.5. The number of ether oxygens (including phenoxy) is 2. The number of anilines is 1. The Morgan fingerprint density at radius 3 is 2.62 bits per heavy atom. The smallest absolute Gasteiger partial charge is 0.410 e. The molecule has 3 rings (SSSR count). The number of likely N-dealkylation sites (tertiary alicyclic amines) is 1. The molecule has 0 saturated carbocycles. The number of benzene rings is 1. The van der Waals surface area contributed by atoms with E-state index in [1.165, 1.54) is 0 Å². The maximum absolute atomic E-state index is 12.2. The Balaban J connectivity index is 1.64. The number of hydrogen-bond donors (Lipinski definition) is 1. The summed E-state index contributed by atoms with van der Waals surface area (Å²) in [5.41, 5.74) is 1.06. The van der Waals surface area contributed by atoms with Crippen molar-refractivity contribution in [2.45, 2.75) is 45.3 Å². The molecule has 1 aliphatic heterocycles. The summed E-state index contributed by atoms with van der Waals surface area (Å²) < 4.78 is 10.9. The SMILES string of the molecule is COc1ccc(Cl)cc1-c1ccnc(NC2CCN(C(=O)OC(C)(C)C)CC2)n1. The monoisotopic (exact) mass is 418 g/mol. The molecule has 0 atom stereocenters. The molecule has 0 bridgehead atoms. The molecular weight excluding hydrogens is 392 g/mol. The van der Waals surface area contributed by atoms with E-state index < -0.39 is 5.60 Å². The second-order valence-corrected chi connectivity index (χ2v) is 8.43. The molecule has 7 nitrogen and oxygen atoms in total. The Hall–Kier alpha value is -2.54. The first-order valence-electron chi connectivity index (χ1n) is 9.66. The third kappa shape index (κ3) is 5.73. The van der Waals surface area contributed by atoms with Gasteiger partial charge in [0.1, 0.15) is 11.4 Å². The predicted molar refractivity (Wildman–Crippen MR) is 113 cm³/mol. The molecule has 29 heavy (non-hydrogen) atoms. The number of aromatic nitrogens is 2. The zero-order chi connectivity index (χ0) is 21.0. The summed E-state index contributed by atoms with van der Waals surface area (Å²) >= 11 is 6.14. The van der Waals surface area contributed by atoms with Gasteiger partial charge in [-0.2, -0.15) is 0 Å². The van der Waals surface area contributed by atoms with Crippen LogP contribution in [-0.4, -0.2) is 52.8 Å². The Morgan fingerprint density at radius 1 is 1.24 bits per heavy atom. The van der Waals surface area contributed by atoms with E-state index in [0.29, 0.717) is 29.8 Å². The minimum Gasteiger partial charge on any atom is -0.496 e. The lowest BCUT2D eigenvalue weighted by Crippen LogP contribution is -2.44. The number of carbonyl (C=O) groups is 1. The molecule has 1 aromatic heterocycles. The maximum atomic E-state index is 12.2. The van der Waals surface area contributed by atoms with Crippen LogP contribution in [0.15, 0.2) is 30.5 Å². The average Bonchev–Trinajstić information content (AvgIpc) is 2.67. The second-order valence-electron chi connectivity index (χ2n) is 8.00. The van der Waals surface area contributed by atoms with Crippen molar-refractivity contribution in [2.24, 2.45) is 0 Å². The minimum atomic E-state index is -0.484. The minimum absolute atomic E-state index is 0.185. The average molecular weight is 419 g/mol. The van der Waals surface area contributed by atoms with Gasteiger partial charge in [0.25, 0.3) is 0 Å². The summed E-state index contributed by atoms with van der Waals surface area (Å²) in [6.45, 7) is 6.89. The van der Waals surface area contributed by atoms with Crippen molar-refractivity contribution in [2.75, 3.05) is 25.5 Å². The lowest BCUT2D eigenvalue weighted by atomic mass is 10.1. The van der Waals surface area contributed by atoms with Gasteiger partial charge in [0.2, 0.25) is 5.95 Å². The quantitative estimate of drug-likeness (QED) is 0.780. The molecule has 0 unspecified atom stereocenters. The molecule has 8 heteroatoms. The number of nitrogens with one attached hydrogen (secondary N) is 1. The number of amides is 1. The summed E-state index contributed by atoms with van der Waals surface area (Å²) in [6.07, 6.45) is 3.05. The van der Waals surface area contributed by atoms with Crippen LogP contribution < -0.4 is 10.1 Å². The van der Waals surface area contributed by atoms with E-state index in [2.05, 4.69) is 15.3 Å². The van der Waals surface area contributed by atoms with Crippen molar-refractivity contribution in [1.29, 1.82) is 0 Å². The van der Waals surface area contributed by atoms with Crippen molar-refractivity contribution < 1.29 is 14.3 Å². The van der Waals surface area contributed by atoms with E-state index in [1.54, 1.807) is 24.3 Å². The van der Waals surface area contributed by atoms with E-state index in [4.69, 9.17) is 21.1 Å². The van der Waals surface area contributed by atoms with E-state index >= 15 is 0 Å². The van der Waals surface area contributed by atoms with Crippen LogP contribution in [0.3, 0.4) is 0 Å². The van der Waals surface area contributed by atoms with E-state index in [9.17, 15) is 4.79 Å². The maximum Gasteiger partial charge on any atom is 0.410 e. The lowest BCUT2D eigenvalue weighted by Gasteiger charge is -2.33. The van der Waals surface area contributed by atoms with Crippen LogP contribution in [0.1, 0.15) is 33.6 Å². The van der Waals surface area contributed by atoms with Crippen LogP contribution in [0.2, 0.25) is 5.02 Å². The second kappa shape index (κ2) is 8.86. The molecule has 1 N–H and O–H groups in total. The summed E-state index contributed by atoms with van der Waals surface area (Å²) in [7, 11) is 1.62. The third-order valence-electron chi connectivity index (χ3n) is 4.57. The van der Waals surface area contributed by atoms with Gasteiger partial charge in [0.15, 0.2) is 0 Å². The summed E-state index contributed by atoms with van der Waals surface area (Å²) in [6, 6.07) is 7.43. The van der Waals surface area contributed by atoms with Gasteiger partial charge in [-0.05, 0) is 57.9 Å². The fourth-order valence-electron chi connectivity index (χ4n) is 3.17. The Bertz CT molecular complexity index is 861. The van der Waals surface area contributed by atoms with Crippen LogP contribution >= 0.6 is 11.6 Å². The molecular formula is C21H27ClN4O3. The Kier molecular flexibility index (Phi) is 6.47. The normalized spacial score (nSPS) is 15.1. The third-order valence-corrected chi connectivity index (χ3v) is 4.81. The van der Waals surface area contributed by atoms with Crippen LogP contribution in [0.5, 0.6) is 5.75 Å². The van der Waals surface area contributed by atoms with E-state index in [-0.39, 0.29) is 12.1 Å². The number of rotatable bonds is 4. The molecule has 1 aromatic carbocycles. The number of methoxy groups -OCH3 is 1. The molecule has 2 heterocycles. The summed E-state index contributed by atoms with van der Waals surface area (Å²) in [4.78, 5) is 22.9. The highest BCUT2D eigenvalue weighted by Gasteiger charge is 2.27. The van der Waals surface area contributed by atoms with Gasteiger partial charge in [-0.25, -0.2) is 14.8 Å². The van der Waals surface area contributed by atoms with Crippen LogP contribution in [0, 0.1) is 0 Å². The highest BCUT2D eigenvalue weighted by molar-refractivity contribution is 6.30. The molecule has 156 valence electrons. The topological polar surface area (TPSA) is 76.6 Å². The highest BCUT2D eigenvalue weighted by Crippen LogP contribution is 2.31. The van der Waals surface area contributed by atoms with Gasteiger partial charge in [0, 0.05) is 35.9 Å². The van der Waals surface area contributed by atoms with Gasteiger partial charge < -0.3 is 19.7 Å². The van der Waals surface area contributed by atoms with Crippen molar-refractivity contribution in [3.8, 4) is 17.0 Å². The number of nitrogens with zero attached hydrogens (tertiary/aromatic N) is 3. The molecule has 1 amide bonds. The zero-order valence-electron chi connectivity index (χ0n) is 17.2. The largest absolute Gasteiger partial charge is 0.496 e. The molecule has 0 spiro atoms. The van der Waals surface area contributed by atoms with Gasteiger partial charge in [-0.15, -0.1) is 0 Å².